The first-order valence-corrected chi connectivity index (χ1v) is 20.3. The quantitative estimate of drug-likeness (QED) is 0.211. The molecule has 1 N–H and O–H groups in total. The number of pyridine rings is 1. The predicted octanol–water partition coefficient (Wildman–Crippen LogP) is 7.83. The summed E-state index contributed by atoms with van der Waals surface area (Å²) in [6.07, 6.45) is 12.5. The first-order valence-electron chi connectivity index (χ1n) is 19.5. The fraction of sp³-hybridized carbons (Fsp3) is 0.619. The van der Waals surface area contributed by atoms with E-state index < -0.39 is 0 Å². The Kier molecular flexibility index (Phi) is 10.9. The summed E-state index contributed by atoms with van der Waals surface area (Å²) >= 11 is 1.70. The molecule has 1 saturated heterocycles. The number of carbonyl (C=O) groups is 2. The minimum absolute atomic E-state index is 0.0295. The average Bonchev–Trinajstić information content (AvgIpc) is 3.66. The third-order valence-electron chi connectivity index (χ3n) is 12.5. The van der Waals surface area contributed by atoms with Gasteiger partial charge in [-0.2, -0.15) is 0 Å². The zero-order chi connectivity index (χ0) is 37.4. The molecule has 286 valence electrons. The lowest BCUT2D eigenvalue weighted by atomic mass is 9.51. The smallest absolute Gasteiger partial charge is 0.410 e. The number of aryl methyl sites for hydroxylation is 1. The zero-order valence-electron chi connectivity index (χ0n) is 32.1. The maximum Gasteiger partial charge on any atom is 0.410 e. The van der Waals surface area contributed by atoms with Crippen molar-refractivity contribution in [1.29, 1.82) is 0 Å². The number of benzene rings is 1. The summed E-state index contributed by atoms with van der Waals surface area (Å²) in [6.45, 7) is 10.5. The molecule has 4 aliphatic carbocycles. The number of methoxy groups -OCH3 is 1. The van der Waals surface area contributed by atoms with Crippen molar-refractivity contribution in [2.24, 2.45) is 11.3 Å². The number of hydrogen-bond donors (Lipinski definition) is 1. The third kappa shape index (κ3) is 7.98. The van der Waals surface area contributed by atoms with Gasteiger partial charge in [0.25, 0.3) is 0 Å². The molecule has 4 saturated carbocycles. The van der Waals surface area contributed by atoms with Crippen LogP contribution in [0.4, 0.5) is 10.6 Å². The number of carbonyl (C=O) groups excluding carboxylic acids is 2. The van der Waals surface area contributed by atoms with E-state index in [1.54, 1.807) is 23.3 Å². The van der Waals surface area contributed by atoms with Crippen LogP contribution >= 0.6 is 11.3 Å². The van der Waals surface area contributed by atoms with Crippen LogP contribution < -0.4 is 9.64 Å². The van der Waals surface area contributed by atoms with Gasteiger partial charge >= 0.3 is 6.09 Å². The highest BCUT2D eigenvalue weighted by Crippen LogP contribution is 2.58. The first-order chi connectivity index (χ1) is 25.4. The molecule has 5 fully saturated rings. The Morgan fingerprint density at radius 2 is 1.70 bits per heavy atom. The predicted molar refractivity (Wildman–Crippen MR) is 207 cm³/mol. The van der Waals surface area contributed by atoms with Gasteiger partial charge < -0.3 is 24.2 Å². The van der Waals surface area contributed by atoms with E-state index in [0.717, 1.165) is 59.7 Å². The number of ether oxygens (including phenoxy) is 3. The molecule has 0 atom stereocenters. The standard InChI is InChI=1S/C42H56N4O6S/c1-28-22-31(8-11-34(28)50-5)42-16-13-41(14-17-42,15-18-42)27-46(36-23-30(12-19-43-36)35-24-44-38(53-35)40(2,3)4)37(48)29-6-9-32(10-7-29)52-39(49)45-25-33(26-45)51-21-20-47/h8,11-12,19,22-24,29,32-33,47H,6-7,9-10,13-18,20-21,25-27H2,1-5H3. The van der Waals surface area contributed by atoms with Crippen molar-refractivity contribution in [3.05, 3.63) is 58.9 Å². The van der Waals surface area contributed by atoms with Gasteiger partial charge in [0.15, 0.2) is 0 Å². The van der Waals surface area contributed by atoms with E-state index in [4.69, 9.17) is 29.3 Å². The molecular weight excluding hydrogens is 689 g/mol. The summed E-state index contributed by atoms with van der Waals surface area (Å²) < 4.78 is 16.9. The molecule has 2 amide bonds. The summed E-state index contributed by atoms with van der Waals surface area (Å²) in [6, 6.07) is 10.8. The molecule has 0 radical (unpaired) electrons. The Bertz CT molecular complexity index is 1750. The van der Waals surface area contributed by atoms with Crippen LogP contribution in [0.3, 0.4) is 0 Å². The van der Waals surface area contributed by atoms with E-state index in [1.807, 2.05) is 23.4 Å². The molecule has 5 aliphatic rings. The number of aliphatic hydroxyl groups is 1. The molecule has 8 rings (SSSR count). The van der Waals surface area contributed by atoms with E-state index >= 15 is 0 Å². The fourth-order valence-corrected chi connectivity index (χ4v) is 9.97. The zero-order valence-corrected chi connectivity index (χ0v) is 32.9. The summed E-state index contributed by atoms with van der Waals surface area (Å²) in [5, 5.41) is 10.1. The maximum absolute atomic E-state index is 14.7. The minimum Gasteiger partial charge on any atom is -0.496 e. The normalized spacial score (nSPS) is 25.9. The highest BCUT2D eigenvalue weighted by atomic mass is 32.1. The topological polar surface area (TPSA) is 114 Å². The molecule has 0 spiro atoms. The third-order valence-corrected chi connectivity index (χ3v) is 13.9. The molecular formula is C42H56N4O6S. The largest absolute Gasteiger partial charge is 0.496 e. The lowest BCUT2D eigenvalue weighted by molar-refractivity contribution is -0.125. The van der Waals surface area contributed by atoms with Crippen molar-refractivity contribution in [3.8, 4) is 16.2 Å². The summed E-state index contributed by atoms with van der Waals surface area (Å²) in [4.78, 5) is 41.9. The number of fused-ring (bicyclic) bond motifs is 3. The van der Waals surface area contributed by atoms with Crippen LogP contribution in [0.5, 0.6) is 5.75 Å². The van der Waals surface area contributed by atoms with Gasteiger partial charge in [-0.05, 0) is 117 Å². The molecule has 0 unspecified atom stereocenters. The SMILES string of the molecule is COc1ccc(C23CCC(CN(C(=O)C4CCC(OC(=O)N5CC(OCCO)C5)CC4)c4cc(-c5cnc(C(C)(C)C)s5)ccn4)(CC2)CC3)cc1C. The number of amides is 2. The van der Waals surface area contributed by atoms with E-state index in [0.29, 0.717) is 51.1 Å². The second kappa shape index (κ2) is 15.3. The van der Waals surface area contributed by atoms with Crippen molar-refractivity contribution < 1.29 is 28.9 Å². The van der Waals surface area contributed by atoms with Crippen molar-refractivity contribution in [3.63, 3.8) is 0 Å². The monoisotopic (exact) mass is 744 g/mol. The Morgan fingerprint density at radius 3 is 2.32 bits per heavy atom. The Morgan fingerprint density at radius 1 is 0.981 bits per heavy atom. The lowest BCUT2D eigenvalue weighted by Gasteiger charge is -2.55. The molecule has 11 heteroatoms. The van der Waals surface area contributed by atoms with Crippen LogP contribution in [-0.2, 0) is 25.1 Å². The second-order valence-corrected chi connectivity index (χ2v) is 18.1. The van der Waals surface area contributed by atoms with Crippen molar-refractivity contribution in [1.82, 2.24) is 14.9 Å². The van der Waals surface area contributed by atoms with Gasteiger partial charge in [-0.1, -0.05) is 32.9 Å². The van der Waals surface area contributed by atoms with Crippen molar-refractivity contribution in [2.75, 3.05) is 44.9 Å². The Hall–Kier alpha value is -3.54. The van der Waals surface area contributed by atoms with Gasteiger partial charge in [-0.25, -0.2) is 14.8 Å². The molecule has 3 aromatic rings. The second-order valence-electron chi connectivity index (χ2n) is 17.1. The number of nitrogens with zero attached hydrogens (tertiary/aromatic N) is 4. The number of aliphatic hydroxyl groups excluding tert-OH is 1. The first kappa shape index (κ1) is 37.8. The van der Waals surface area contributed by atoms with Gasteiger partial charge in [0, 0.05) is 30.3 Å². The van der Waals surface area contributed by atoms with Gasteiger partial charge in [-0.15, -0.1) is 11.3 Å². The van der Waals surface area contributed by atoms with E-state index in [2.05, 4.69) is 52.0 Å². The van der Waals surface area contributed by atoms with Crippen LogP contribution in [-0.4, -0.2) is 84.1 Å². The van der Waals surface area contributed by atoms with Crippen LogP contribution in [0.1, 0.15) is 101 Å². The van der Waals surface area contributed by atoms with E-state index in [-0.39, 0.29) is 59.6 Å². The minimum atomic E-state index is -0.321. The molecule has 1 aliphatic heterocycles. The van der Waals surface area contributed by atoms with E-state index in [1.165, 1.54) is 11.1 Å². The number of anilines is 1. The number of thiazole rings is 1. The van der Waals surface area contributed by atoms with Crippen LogP contribution in [0.15, 0.2) is 42.7 Å². The summed E-state index contributed by atoms with van der Waals surface area (Å²) in [5.74, 6) is 1.62. The fourth-order valence-electron chi connectivity index (χ4n) is 9.00. The van der Waals surface area contributed by atoms with Gasteiger partial charge in [0.05, 0.1) is 49.4 Å². The van der Waals surface area contributed by atoms with Gasteiger partial charge in [0.2, 0.25) is 5.91 Å². The van der Waals surface area contributed by atoms with Crippen molar-refractivity contribution in [2.45, 2.75) is 115 Å². The summed E-state index contributed by atoms with van der Waals surface area (Å²) in [5.41, 5.74) is 3.83. The number of rotatable bonds is 11. The maximum atomic E-state index is 14.7. The van der Waals surface area contributed by atoms with E-state index in [9.17, 15) is 9.59 Å². The van der Waals surface area contributed by atoms with Crippen molar-refractivity contribution >= 4 is 29.2 Å². The Balaban J connectivity index is 1.06. The molecule has 53 heavy (non-hydrogen) atoms. The lowest BCUT2D eigenvalue weighted by Crippen LogP contribution is -2.55. The van der Waals surface area contributed by atoms with Crippen LogP contribution in [0, 0.1) is 18.3 Å². The summed E-state index contributed by atoms with van der Waals surface area (Å²) in [7, 11) is 1.73. The highest BCUT2D eigenvalue weighted by molar-refractivity contribution is 7.15. The Labute approximate surface area is 318 Å². The van der Waals surface area contributed by atoms with Gasteiger partial charge in [0.1, 0.15) is 17.7 Å². The molecule has 3 heterocycles. The molecule has 1 aromatic carbocycles. The number of aromatic nitrogens is 2. The molecule has 2 aromatic heterocycles. The van der Waals surface area contributed by atoms with Crippen LogP contribution in [0.25, 0.3) is 10.4 Å². The van der Waals surface area contributed by atoms with Gasteiger partial charge in [-0.3, -0.25) is 9.69 Å². The highest BCUT2D eigenvalue weighted by Gasteiger charge is 2.51. The molecule has 2 bridgehead atoms. The van der Waals surface area contributed by atoms with Crippen LogP contribution in [0.2, 0.25) is 0 Å². The number of likely N-dealkylation sites (tertiary alicyclic amines) is 1. The molecule has 10 nitrogen and oxygen atoms in total. The number of hydrogen-bond acceptors (Lipinski definition) is 9. The average molecular weight is 745 g/mol.